The first-order valence-electron chi connectivity index (χ1n) is 5.92. The molecule has 1 heterocycles. The van der Waals surface area contributed by atoms with Gasteiger partial charge in [-0.1, -0.05) is 0 Å². The van der Waals surface area contributed by atoms with Gasteiger partial charge in [0.05, 0.1) is 11.8 Å². The summed E-state index contributed by atoms with van der Waals surface area (Å²) in [4.78, 5) is 2.18. The Labute approximate surface area is 106 Å². The Kier molecular flexibility index (Phi) is 4.01. The average molecular weight is 250 g/mol. The van der Waals surface area contributed by atoms with Gasteiger partial charge in [-0.05, 0) is 12.1 Å². The number of hydrogen-bond donors (Lipinski definition) is 4. The predicted octanol–water partition coefficient (Wildman–Crippen LogP) is -0.204. The number of nitrogens with zero attached hydrogens (tertiary/aromatic N) is 2. The first-order chi connectivity index (χ1) is 8.72. The molecular formula is C12H18N4O2. The van der Waals surface area contributed by atoms with Crippen LogP contribution in [0.15, 0.2) is 17.2 Å². The topological polar surface area (TPSA) is 94.1 Å². The molecule has 6 nitrogen and oxygen atoms in total. The molecule has 1 fully saturated rings. The number of nitrogens with one attached hydrogen (secondary N) is 1. The molecule has 1 aliphatic heterocycles. The van der Waals surface area contributed by atoms with Crippen LogP contribution in [0.25, 0.3) is 0 Å². The van der Waals surface area contributed by atoms with Crippen LogP contribution in [0.5, 0.6) is 11.5 Å². The molecule has 1 aromatic rings. The molecule has 98 valence electrons. The normalized spacial score (nSPS) is 17.3. The lowest BCUT2D eigenvalue weighted by molar-refractivity contribution is 0.227. The number of piperazine rings is 1. The number of aromatic hydroxyl groups is 2. The van der Waals surface area contributed by atoms with Crippen molar-refractivity contribution in [1.82, 2.24) is 10.2 Å². The SMILES string of the molecule is N/N=C/c1ccc(O)c(CN2CCNCC2)c1O. The van der Waals surface area contributed by atoms with Crippen molar-refractivity contribution >= 4 is 6.21 Å². The third kappa shape index (κ3) is 2.72. The number of nitrogens with two attached hydrogens (primary N) is 1. The molecule has 0 spiro atoms. The summed E-state index contributed by atoms with van der Waals surface area (Å²) < 4.78 is 0. The first kappa shape index (κ1) is 12.7. The summed E-state index contributed by atoms with van der Waals surface area (Å²) in [6.07, 6.45) is 1.37. The third-order valence-electron chi connectivity index (χ3n) is 3.09. The van der Waals surface area contributed by atoms with Crippen LogP contribution in [-0.2, 0) is 6.54 Å². The van der Waals surface area contributed by atoms with E-state index >= 15 is 0 Å². The second-order valence-corrected chi connectivity index (χ2v) is 4.31. The molecule has 6 heteroatoms. The van der Waals surface area contributed by atoms with E-state index in [2.05, 4.69) is 15.3 Å². The number of phenols is 2. The lowest BCUT2D eigenvalue weighted by Gasteiger charge is -2.27. The summed E-state index contributed by atoms with van der Waals surface area (Å²) in [5.41, 5.74) is 1.04. The first-order valence-corrected chi connectivity index (χ1v) is 5.92. The summed E-state index contributed by atoms with van der Waals surface area (Å²) >= 11 is 0. The van der Waals surface area contributed by atoms with E-state index < -0.39 is 0 Å². The molecule has 2 rings (SSSR count). The highest BCUT2D eigenvalue weighted by molar-refractivity contribution is 5.84. The maximum atomic E-state index is 10.1. The van der Waals surface area contributed by atoms with Gasteiger partial charge in [-0.3, -0.25) is 4.90 Å². The Bertz CT molecular complexity index is 442. The molecule has 0 atom stereocenters. The lowest BCUT2D eigenvalue weighted by Crippen LogP contribution is -2.42. The van der Waals surface area contributed by atoms with Crippen molar-refractivity contribution in [2.75, 3.05) is 26.2 Å². The molecule has 18 heavy (non-hydrogen) atoms. The zero-order valence-corrected chi connectivity index (χ0v) is 10.1. The smallest absolute Gasteiger partial charge is 0.132 e. The monoisotopic (exact) mass is 250 g/mol. The van der Waals surface area contributed by atoms with Crippen LogP contribution >= 0.6 is 0 Å². The van der Waals surface area contributed by atoms with Crippen molar-refractivity contribution in [2.24, 2.45) is 10.9 Å². The van der Waals surface area contributed by atoms with Crippen molar-refractivity contribution in [3.8, 4) is 11.5 Å². The largest absolute Gasteiger partial charge is 0.507 e. The molecule has 0 saturated carbocycles. The molecule has 0 aromatic heterocycles. The lowest BCUT2D eigenvalue weighted by atomic mass is 10.1. The van der Waals surface area contributed by atoms with Crippen LogP contribution in [0.4, 0.5) is 0 Å². The molecule has 1 saturated heterocycles. The van der Waals surface area contributed by atoms with Crippen LogP contribution in [0, 0.1) is 0 Å². The van der Waals surface area contributed by atoms with Crippen LogP contribution in [0.1, 0.15) is 11.1 Å². The van der Waals surface area contributed by atoms with Crippen molar-refractivity contribution in [3.05, 3.63) is 23.3 Å². The van der Waals surface area contributed by atoms with Gasteiger partial charge in [0, 0.05) is 38.3 Å². The van der Waals surface area contributed by atoms with E-state index in [1.165, 1.54) is 6.21 Å². The Morgan fingerprint density at radius 3 is 2.72 bits per heavy atom. The predicted molar refractivity (Wildman–Crippen MR) is 69.7 cm³/mol. The van der Waals surface area contributed by atoms with Gasteiger partial charge < -0.3 is 21.4 Å². The number of phenolic OH excluding ortho intramolecular Hbond substituents is 2. The molecule has 0 unspecified atom stereocenters. The van der Waals surface area contributed by atoms with Crippen LogP contribution in [-0.4, -0.2) is 47.5 Å². The Morgan fingerprint density at radius 2 is 2.06 bits per heavy atom. The van der Waals surface area contributed by atoms with Crippen molar-refractivity contribution < 1.29 is 10.2 Å². The van der Waals surface area contributed by atoms with Crippen molar-refractivity contribution in [1.29, 1.82) is 0 Å². The third-order valence-corrected chi connectivity index (χ3v) is 3.09. The van der Waals surface area contributed by atoms with Crippen molar-refractivity contribution in [3.63, 3.8) is 0 Å². The molecule has 0 amide bonds. The minimum absolute atomic E-state index is 0.0442. The van der Waals surface area contributed by atoms with E-state index in [4.69, 9.17) is 5.84 Å². The van der Waals surface area contributed by atoms with Gasteiger partial charge in [0.25, 0.3) is 0 Å². The zero-order chi connectivity index (χ0) is 13.0. The maximum absolute atomic E-state index is 10.1. The molecule has 1 aliphatic rings. The quantitative estimate of drug-likeness (QED) is 0.338. The fourth-order valence-corrected chi connectivity index (χ4v) is 2.08. The summed E-state index contributed by atoms with van der Waals surface area (Å²) in [7, 11) is 0. The van der Waals surface area contributed by atoms with E-state index in [-0.39, 0.29) is 11.5 Å². The highest BCUT2D eigenvalue weighted by Gasteiger charge is 2.16. The molecule has 0 radical (unpaired) electrons. The number of benzene rings is 1. The van der Waals surface area contributed by atoms with E-state index in [1.807, 2.05) is 0 Å². The highest BCUT2D eigenvalue weighted by atomic mass is 16.3. The Hall–Kier alpha value is -1.79. The number of hydrogen-bond acceptors (Lipinski definition) is 6. The summed E-state index contributed by atoms with van der Waals surface area (Å²) in [6, 6.07) is 3.14. The van der Waals surface area contributed by atoms with Gasteiger partial charge in [0.1, 0.15) is 11.5 Å². The van der Waals surface area contributed by atoms with E-state index in [0.717, 1.165) is 26.2 Å². The summed E-state index contributed by atoms with van der Waals surface area (Å²) in [5, 5.41) is 26.6. The average Bonchev–Trinajstić information content (AvgIpc) is 2.39. The minimum atomic E-state index is 0.0442. The standard InChI is InChI=1S/C12H18N4O2/c13-15-7-9-1-2-11(17)10(12(9)18)8-16-5-3-14-4-6-16/h1-2,7,14,17-18H,3-6,8,13H2/b15-7+. The maximum Gasteiger partial charge on any atom is 0.132 e. The van der Waals surface area contributed by atoms with E-state index in [9.17, 15) is 10.2 Å². The molecule has 0 aliphatic carbocycles. The fourth-order valence-electron chi connectivity index (χ4n) is 2.08. The number of hydrazone groups is 1. The van der Waals surface area contributed by atoms with Gasteiger partial charge in [0.2, 0.25) is 0 Å². The van der Waals surface area contributed by atoms with Crippen LogP contribution in [0.3, 0.4) is 0 Å². The molecule has 5 N–H and O–H groups in total. The van der Waals surface area contributed by atoms with E-state index in [0.29, 0.717) is 17.7 Å². The van der Waals surface area contributed by atoms with Gasteiger partial charge >= 0.3 is 0 Å². The van der Waals surface area contributed by atoms with Crippen molar-refractivity contribution in [2.45, 2.75) is 6.54 Å². The summed E-state index contributed by atoms with van der Waals surface area (Å²) in [6.45, 7) is 4.16. The van der Waals surface area contributed by atoms with Gasteiger partial charge in [-0.2, -0.15) is 5.10 Å². The second-order valence-electron chi connectivity index (χ2n) is 4.31. The molecule has 0 bridgehead atoms. The molecule has 1 aromatic carbocycles. The zero-order valence-electron chi connectivity index (χ0n) is 10.1. The van der Waals surface area contributed by atoms with E-state index in [1.54, 1.807) is 12.1 Å². The van der Waals surface area contributed by atoms with Crippen LogP contribution < -0.4 is 11.2 Å². The second kappa shape index (κ2) is 5.70. The Morgan fingerprint density at radius 1 is 1.33 bits per heavy atom. The van der Waals surface area contributed by atoms with Gasteiger partial charge in [0.15, 0.2) is 0 Å². The Balaban J connectivity index is 2.22. The highest BCUT2D eigenvalue weighted by Crippen LogP contribution is 2.30. The number of rotatable bonds is 3. The fraction of sp³-hybridized carbons (Fsp3) is 0.417. The van der Waals surface area contributed by atoms with Gasteiger partial charge in [-0.15, -0.1) is 0 Å². The van der Waals surface area contributed by atoms with Gasteiger partial charge in [-0.25, -0.2) is 0 Å². The van der Waals surface area contributed by atoms with Crippen LogP contribution in [0.2, 0.25) is 0 Å². The summed E-state index contributed by atoms with van der Waals surface area (Å²) in [5.74, 6) is 5.22. The minimum Gasteiger partial charge on any atom is -0.507 e. The molecular weight excluding hydrogens is 232 g/mol.